The van der Waals surface area contributed by atoms with Crippen LogP contribution in [-0.4, -0.2) is 36.7 Å². The molecular formula is C15H25NO3. The van der Waals surface area contributed by atoms with E-state index in [9.17, 15) is 4.79 Å². The first kappa shape index (κ1) is 13.5. The molecule has 0 aromatic carbocycles. The number of carbonyl (C=O) groups excluding carboxylic acids is 1. The van der Waals surface area contributed by atoms with Gasteiger partial charge in [0.05, 0.1) is 11.1 Å². The lowest BCUT2D eigenvalue weighted by Crippen LogP contribution is -2.56. The third kappa shape index (κ3) is 2.58. The fourth-order valence-corrected chi connectivity index (χ4v) is 4.01. The van der Waals surface area contributed by atoms with Crippen LogP contribution in [0.2, 0.25) is 0 Å². The number of hydrogen-bond donors (Lipinski definition) is 1. The first-order valence-electron chi connectivity index (χ1n) is 7.69. The van der Waals surface area contributed by atoms with Crippen molar-refractivity contribution in [1.82, 2.24) is 0 Å². The van der Waals surface area contributed by atoms with Crippen LogP contribution in [-0.2, 0) is 14.3 Å². The van der Waals surface area contributed by atoms with Crippen LogP contribution in [0.25, 0.3) is 0 Å². The Morgan fingerprint density at radius 3 is 2.42 bits per heavy atom. The average Bonchev–Trinajstić information content (AvgIpc) is 2.87. The molecule has 4 nitrogen and oxygen atoms in total. The van der Waals surface area contributed by atoms with E-state index < -0.39 is 5.54 Å². The molecule has 3 aliphatic rings. The molecule has 0 aromatic rings. The van der Waals surface area contributed by atoms with Gasteiger partial charge in [-0.1, -0.05) is 12.8 Å². The molecule has 1 aliphatic carbocycles. The van der Waals surface area contributed by atoms with Gasteiger partial charge in [0, 0.05) is 25.7 Å². The maximum Gasteiger partial charge on any atom is 0.156 e. The predicted octanol–water partition coefficient (Wildman–Crippen LogP) is 1.80. The van der Waals surface area contributed by atoms with Crippen LogP contribution in [0, 0.1) is 5.92 Å². The number of Topliss-reactive ketones (excluding diaryl/α,β-unsaturated/α-hetero) is 1. The third-order valence-corrected chi connectivity index (χ3v) is 5.25. The Morgan fingerprint density at radius 1 is 1.05 bits per heavy atom. The Labute approximate surface area is 115 Å². The van der Waals surface area contributed by atoms with E-state index in [2.05, 4.69) is 0 Å². The Balaban J connectivity index is 1.69. The van der Waals surface area contributed by atoms with Crippen LogP contribution in [0.1, 0.15) is 51.4 Å². The van der Waals surface area contributed by atoms with E-state index >= 15 is 0 Å². The summed E-state index contributed by atoms with van der Waals surface area (Å²) < 4.78 is 11.3. The summed E-state index contributed by atoms with van der Waals surface area (Å²) in [6.07, 6.45) is 7.82. The first-order chi connectivity index (χ1) is 9.14. The molecule has 0 bridgehead atoms. The summed E-state index contributed by atoms with van der Waals surface area (Å²) in [5.41, 5.74) is 5.71. The number of ketones is 1. The maximum atomic E-state index is 12.8. The second-order valence-electron chi connectivity index (χ2n) is 6.56. The van der Waals surface area contributed by atoms with Gasteiger partial charge in [0.15, 0.2) is 5.78 Å². The van der Waals surface area contributed by atoms with Crippen LogP contribution in [0.5, 0.6) is 0 Å². The Hall–Kier alpha value is -0.450. The van der Waals surface area contributed by atoms with Crippen molar-refractivity contribution < 1.29 is 14.3 Å². The maximum absolute atomic E-state index is 12.8. The Kier molecular flexibility index (Phi) is 3.67. The molecule has 3 rings (SSSR count). The number of nitrogens with two attached hydrogens (primary N) is 1. The van der Waals surface area contributed by atoms with Crippen LogP contribution in [0.3, 0.4) is 0 Å². The van der Waals surface area contributed by atoms with E-state index in [-0.39, 0.29) is 17.3 Å². The van der Waals surface area contributed by atoms with Gasteiger partial charge in [0.1, 0.15) is 0 Å². The lowest BCUT2D eigenvalue weighted by molar-refractivity contribution is -0.144. The summed E-state index contributed by atoms with van der Waals surface area (Å²) >= 11 is 0. The van der Waals surface area contributed by atoms with Gasteiger partial charge >= 0.3 is 0 Å². The number of carbonyl (C=O) groups is 1. The second-order valence-corrected chi connectivity index (χ2v) is 6.56. The molecular weight excluding hydrogens is 242 g/mol. The van der Waals surface area contributed by atoms with Gasteiger partial charge in [-0.15, -0.1) is 0 Å². The predicted molar refractivity (Wildman–Crippen MR) is 71.9 cm³/mol. The first-order valence-corrected chi connectivity index (χ1v) is 7.69. The molecule has 1 saturated carbocycles. The molecule has 1 unspecified atom stereocenters. The van der Waals surface area contributed by atoms with Crippen molar-refractivity contribution in [1.29, 1.82) is 0 Å². The molecule has 108 valence electrons. The van der Waals surface area contributed by atoms with E-state index in [0.717, 1.165) is 32.3 Å². The van der Waals surface area contributed by atoms with E-state index in [0.29, 0.717) is 26.1 Å². The minimum absolute atomic E-state index is 0.000103. The quantitative estimate of drug-likeness (QED) is 0.828. The van der Waals surface area contributed by atoms with Crippen molar-refractivity contribution in [2.24, 2.45) is 11.7 Å². The molecule has 1 atom stereocenters. The van der Waals surface area contributed by atoms with Crippen LogP contribution in [0.4, 0.5) is 0 Å². The summed E-state index contributed by atoms with van der Waals surface area (Å²) in [6, 6.07) is 0. The normalized spacial score (nSPS) is 33.4. The molecule has 4 heteroatoms. The zero-order valence-electron chi connectivity index (χ0n) is 11.7. The lowest BCUT2D eigenvalue weighted by Gasteiger charge is -2.41. The summed E-state index contributed by atoms with van der Waals surface area (Å²) in [4.78, 5) is 12.8. The van der Waals surface area contributed by atoms with Gasteiger partial charge in [-0.05, 0) is 38.5 Å². The van der Waals surface area contributed by atoms with E-state index in [4.69, 9.17) is 15.2 Å². The van der Waals surface area contributed by atoms with Crippen molar-refractivity contribution in [2.45, 2.75) is 62.5 Å². The molecule has 2 N–H and O–H groups in total. The van der Waals surface area contributed by atoms with Crippen molar-refractivity contribution >= 4 is 5.78 Å². The van der Waals surface area contributed by atoms with Crippen LogP contribution >= 0.6 is 0 Å². The zero-order chi connectivity index (χ0) is 13.3. The highest BCUT2D eigenvalue weighted by atomic mass is 16.5. The van der Waals surface area contributed by atoms with Crippen molar-refractivity contribution in [3.63, 3.8) is 0 Å². The molecule has 2 heterocycles. The summed E-state index contributed by atoms with van der Waals surface area (Å²) in [5.74, 6) is 0.375. The largest absolute Gasteiger partial charge is 0.381 e. The molecule has 0 amide bonds. The molecule has 3 fully saturated rings. The summed E-state index contributed by atoms with van der Waals surface area (Å²) in [7, 11) is 0. The third-order valence-electron chi connectivity index (χ3n) is 5.25. The monoisotopic (exact) mass is 267 g/mol. The van der Waals surface area contributed by atoms with Crippen molar-refractivity contribution in [3.8, 4) is 0 Å². The smallest absolute Gasteiger partial charge is 0.156 e. The van der Waals surface area contributed by atoms with E-state index in [1.807, 2.05) is 0 Å². The highest BCUT2D eigenvalue weighted by Crippen LogP contribution is 2.43. The van der Waals surface area contributed by atoms with Crippen molar-refractivity contribution in [2.75, 3.05) is 19.8 Å². The highest BCUT2D eigenvalue weighted by molar-refractivity contribution is 5.90. The Bertz CT molecular complexity index is 343. The van der Waals surface area contributed by atoms with Crippen LogP contribution in [0.15, 0.2) is 0 Å². The van der Waals surface area contributed by atoms with Crippen LogP contribution < -0.4 is 5.73 Å². The topological polar surface area (TPSA) is 61.6 Å². The average molecular weight is 267 g/mol. The molecule has 19 heavy (non-hydrogen) atoms. The van der Waals surface area contributed by atoms with E-state index in [1.165, 1.54) is 12.8 Å². The minimum atomic E-state index is -0.639. The minimum Gasteiger partial charge on any atom is -0.381 e. The van der Waals surface area contributed by atoms with Gasteiger partial charge in [-0.25, -0.2) is 0 Å². The number of ether oxygens (including phenoxy) is 2. The molecule has 2 aliphatic heterocycles. The Morgan fingerprint density at radius 2 is 1.74 bits per heavy atom. The van der Waals surface area contributed by atoms with Crippen molar-refractivity contribution in [3.05, 3.63) is 0 Å². The lowest BCUT2D eigenvalue weighted by atomic mass is 9.74. The zero-order valence-corrected chi connectivity index (χ0v) is 11.7. The molecule has 2 saturated heterocycles. The summed E-state index contributed by atoms with van der Waals surface area (Å²) in [5, 5.41) is 0. The van der Waals surface area contributed by atoms with Gasteiger partial charge in [0.2, 0.25) is 0 Å². The standard InChI is InChI=1S/C15H25NO3/c16-15(6-9-18-10-7-15)13(17)12-3-8-19-14(11-12)4-1-2-5-14/h12H,1-11,16H2. The van der Waals surface area contributed by atoms with Gasteiger partial charge in [0.25, 0.3) is 0 Å². The molecule has 0 aromatic heterocycles. The number of hydrogen-bond acceptors (Lipinski definition) is 4. The van der Waals surface area contributed by atoms with Gasteiger partial charge in [-0.3, -0.25) is 4.79 Å². The molecule has 0 radical (unpaired) electrons. The SMILES string of the molecule is NC1(C(=O)C2CCOC3(CCCC3)C2)CCOCC1. The number of rotatable bonds is 2. The van der Waals surface area contributed by atoms with Gasteiger partial charge < -0.3 is 15.2 Å². The highest BCUT2D eigenvalue weighted by Gasteiger charge is 2.46. The van der Waals surface area contributed by atoms with Gasteiger partial charge in [-0.2, -0.15) is 0 Å². The van der Waals surface area contributed by atoms with E-state index in [1.54, 1.807) is 0 Å². The molecule has 1 spiro atoms. The fourth-order valence-electron chi connectivity index (χ4n) is 4.01. The fraction of sp³-hybridized carbons (Fsp3) is 0.933. The summed E-state index contributed by atoms with van der Waals surface area (Å²) in [6.45, 7) is 1.97. The second kappa shape index (κ2) is 5.15.